The van der Waals surface area contributed by atoms with Crippen LogP contribution in [-0.2, 0) is 6.42 Å². The van der Waals surface area contributed by atoms with E-state index in [1.54, 1.807) is 24.5 Å². The Morgan fingerprint density at radius 2 is 2.00 bits per heavy atom. The minimum atomic E-state index is -0.0555. The van der Waals surface area contributed by atoms with Crippen LogP contribution in [0, 0.1) is 0 Å². The van der Waals surface area contributed by atoms with E-state index < -0.39 is 0 Å². The minimum absolute atomic E-state index is 0.0555. The molecule has 0 radical (unpaired) electrons. The van der Waals surface area contributed by atoms with E-state index in [9.17, 15) is 4.79 Å². The highest BCUT2D eigenvalue weighted by Gasteiger charge is 2.22. The summed E-state index contributed by atoms with van der Waals surface area (Å²) in [5.74, 6) is 0.722. The van der Waals surface area contributed by atoms with Crippen molar-refractivity contribution in [3.05, 3.63) is 48.0 Å². The van der Waals surface area contributed by atoms with E-state index >= 15 is 0 Å². The molecule has 0 unspecified atom stereocenters. The number of aryl methyl sites for hydroxylation is 1. The first-order valence-electron chi connectivity index (χ1n) is 8.03. The predicted molar refractivity (Wildman–Crippen MR) is 88.3 cm³/mol. The van der Waals surface area contributed by atoms with Gasteiger partial charge >= 0.3 is 0 Å². The van der Waals surface area contributed by atoms with Gasteiger partial charge in [0, 0.05) is 43.9 Å². The Bertz CT molecular complexity index is 636. The fourth-order valence-electron chi connectivity index (χ4n) is 2.68. The molecule has 0 bridgehead atoms. The largest absolute Gasteiger partial charge is 0.349 e. The molecule has 3 rings (SSSR count). The molecule has 1 aliphatic heterocycles. The van der Waals surface area contributed by atoms with Crippen molar-refractivity contribution < 1.29 is 4.79 Å². The number of hydrogen-bond donors (Lipinski definition) is 1. The lowest BCUT2D eigenvalue weighted by Crippen LogP contribution is -2.45. The fraction of sp³-hybridized carbons (Fsp3) is 0.412. The zero-order chi connectivity index (χ0) is 16.1. The molecular weight excluding hydrogens is 290 g/mol. The number of pyridine rings is 1. The first-order chi connectivity index (χ1) is 11.3. The lowest BCUT2D eigenvalue weighted by molar-refractivity contribution is 0.0930. The SMILES string of the molecule is CCc1cnc(N2CCC(NC(=O)c3cccnc3)CC2)nc1. The normalized spacial score (nSPS) is 15.4. The summed E-state index contributed by atoms with van der Waals surface area (Å²) in [5.41, 5.74) is 1.75. The molecule has 1 fully saturated rings. The molecule has 0 saturated carbocycles. The van der Waals surface area contributed by atoms with Crippen LogP contribution in [0.3, 0.4) is 0 Å². The molecular formula is C17H21N5O. The van der Waals surface area contributed by atoms with Crippen molar-refractivity contribution in [1.82, 2.24) is 20.3 Å². The van der Waals surface area contributed by atoms with E-state index in [1.165, 1.54) is 0 Å². The maximum Gasteiger partial charge on any atom is 0.253 e. The van der Waals surface area contributed by atoms with Crippen molar-refractivity contribution in [3.63, 3.8) is 0 Å². The van der Waals surface area contributed by atoms with Crippen molar-refractivity contribution in [1.29, 1.82) is 0 Å². The highest BCUT2D eigenvalue weighted by Crippen LogP contribution is 2.16. The second-order valence-electron chi connectivity index (χ2n) is 5.72. The van der Waals surface area contributed by atoms with Crippen LogP contribution in [0.4, 0.5) is 5.95 Å². The molecule has 0 aromatic carbocycles. The fourth-order valence-corrected chi connectivity index (χ4v) is 2.68. The van der Waals surface area contributed by atoms with E-state index in [4.69, 9.17) is 0 Å². The summed E-state index contributed by atoms with van der Waals surface area (Å²) >= 11 is 0. The zero-order valence-electron chi connectivity index (χ0n) is 13.3. The quantitative estimate of drug-likeness (QED) is 0.933. The van der Waals surface area contributed by atoms with Crippen LogP contribution in [0.25, 0.3) is 0 Å². The van der Waals surface area contributed by atoms with E-state index in [1.807, 2.05) is 12.4 Å². The summed E-state index contributed by atoms with van der Waals surface area (Å²) in [4.78, 5) is 27.1. The van der Waals surface area contributed by atoms with Gasteiger partial charge in [0.1, 0.15) is 0 Å². The number of nitrogens with one attached hydrogen (secondary N) is 1. The van der Waals surface area contributed by atoms with E-state index in [-0.39, 0.29) is 11.9 Å². The number of amides is 1. The van der Waals surface area contributed by atoms with E-state index in [0.29, 0.717) is 5.56 Å². The van der Waals surface area contributed by atoms with Crippen LogP contribution in [0.15, 0.2) is 36.9 Å². The van der Waals surface area contributed by atoms with Gasteiger partial charge in [-0.1, -0.05) is 6.92 Å². The van der Waals surface area contributed by atoms with Gasteiger partial charge < -0.3 is 10.2 Å². The van der Waals surface area contributed by atoms with Crippen molar-refractivity contribution in [3.8, 4) is 0 Å². The lowest BCUT2D eigenvalue weighted by atomic mass is 10.0. The van der Waals surface area contributed by atoms with Gasteiger partial charge in [0.25, 0.3) is 5.91 Å². The molecule has 6 nitrogen and oxygen atoms in total. The standard InChI is InChI=1S/C17H21N5O/c1-2-13-10-19-17(20-11-13)22-8-5-15(6-9-22)21-16(23)14-4-3-7-18-12-14/h3-4,7,10-12,15H,2,5-6,8-9H2,1H3,(H,21,23). The predicted octanol–water partition coefficient (Wildman–Crippen LogP) is 1.83. The van der Waals surface area contributed by atoms with Gasteiger partial charge in [0.2, 0.25) is 5.95 Å². The third-order valence-corrected chi connectivity index (χ3v) is 4.14. The second kappa shape index (κ2) is 7.17. The van der Waals surface area contributed by atoms with Gasteiger partial charge in [-0.15, -0.1) is 0 Å². The maximum absolute atomic E-state index is 12.1. The van der Waals surface area contributed by atoms with Gasteiger partial charge in [0.05, 0.1) is 5.56 Å². The van der Waals surface area contributed by atoms with Gasteiger partial charge in [0.15, 0.2) is 0 Å². The monoisotopic (exact) mass is 311 g/mol. The Morgan fingerprint density at radius 3 is 2.61 bits per heavy atom. The van der Waals surface area contributed by atoms with Crippen LogP contribution in [0.1, 0.15) is 35.7 Å². The van der Waals surface area contributed by atoms with Crippen molar-refractivity contribution in [2.24, 2.45) is 0 Å². The number of aromatic nitrogens is 3. The van der Waals surface area contributed by atoms with E-state index in [2.05, 4.69) is 32.1 Å². The second-order valence-corrected chi connectivity index (χ2v) is 5.72. The molecule has 6 heteroatoms. The number of hydrogen-bond acceptors (Lipinski definition) is 5. The summed E-state index contributed by atoms with van der Waals surface area (Å²) in [6.07, 6.45) is 9.77. The first kappa shape index (κ1) is 15.4. The summed E-state index contributed by atoms with van der Waals surface area (Å²) in [5, 5.41) is 3.08. The highest BCUT2D eigenvalue weighted by atomic mass is 16.1. The molecule has 0 aliphatic carbocycles. The Kier molecular flexibility index (Phi) is 4.80. The van der Waals surface area contributed by atoms with Crippen LogP contribution in [0.5, 0.6) is 0 Å². The number of carbonyl (C=O) groups excluding carboxylic acids is 1. The van der Waals surface area contributed by atoms with Crippen molar-refractivity contribution in [2.75, 3.05) is 18.0 Å². The van der Waals surface area contributed by atoms with Crippen LogP contribution < -0.4 is 10.2 Å². The van der Waals surface area contributed by atoms with Gasteiger partial charge in [-0.05, 0) is 37.0 Å². The summed E-state index contributed by atoms with van der Waals surface area (Å²) in [6.45, 7) is 3.79. The first-order valence-corrected chi connectivity index (χ1v) is 8.03. The number of piperidine rings is 1. The number of carbonyl (C=O) groups is 1. The zero-order valence-corrected chi connectivity index (χ0v) is 13.3. The molecule has 2 aromatic rings. The summed E-state index contributed by atoms with van der Waals surface area (Å²) < 4.78 is 0. The molecule has 1 amide bonds. The van der Waals surface area contributed by atoms with Crippen molar-refractivity contribution in [2.45, 2.75) is 32.2 Å². The summed E-state index contributed by atoms with van der Waals surface area (Å²) in [7, 11) is 0. The Morgan fingerprint density at radius 1 is 1.26 bits per heavy atom. The third-order valence-electron chi connectivity index (χ3n) is 4.14. The topological polar surface area (TPSA) is 71.0 Å². The molecule has 3 heterocycles. The molecule has 1 saturated heterocycles. The molecule has 1 N–H and O–H groups in total. The van der Waals surface area contributed by atoms with Crippen LogP contribution in [-0.4, -0.2) is 40.0 Å². The molecule has 120 valence electrons. The Balaban J connectivity index is 1.53. The van der Waals surface area contributed by atoms with Gasteiger partial charge in [-0.2, -0.15) is 0 Å². The number of anilines is 1. The summed E-state index contributed by atoms with van der Waals surface area (Å²) in [6, 6.07) is 3.74. The minimum Gasteiger partial charge on any atom is -0.349 e. The highest BCUT2D eigenvalue weighted by molar-refractivity contribution is 5.94. The molecule has 0 spiro atoms. The number of rotatable bonds is 4. The average Bonchev–Trinajstić information content (AvgIpc) is 2.63. The molecule has 1 aliphatic rings. The third kappa shape index (κ3) is 3.83. The molecule has 0 atom stereocenters. The maximum atomic E-state index is 12.1. The van der Waals surface area contributed by atoms with Gasteiger partial charge in [-0.3, -0.25) is 9.78 Å². The van der Waals surface area contributed by atoms with Crippen LogP contribution >= 0.6 is 0 Å². The average molecular weight is 311 g/mol. The van der Waals surface area contributed by atoms with Crippen molar-refractivity contribution >= 4 is 11.9 Å². The Labute approximate surface area is 136 Å². The Hall–Kier alpha value is -2.50. The molecule has 2 aromatic heterocycles. The number of nitrogens with zero attached hydrogens (tertiary/aromatic N) is 4. The smallest absolute Gasteiger partial charge is 0.253 e. The lowest BCUT2D eigenvalue weighted by Gasteiger charge is -2.32. The molecule has 23 heavy (non-hydrogen) atoms. The van der Waals surface area contributed by atoms with E-state index in [0.717, 1.165) is 43.9 Å². The van der Waals surface area contributed by atoms with Gasteiger partial charge in [-0.25, -0.2) is 9.97 Å². The van der Waals surface area contributed by atoms with Crippen LogP contribution in [0.2, 0.25) is 0 Å².